The van der Waals surface area contributed by atoms with Gasteiger partial charge in [0.05, 0.1) is 29.1 Å². The van der Waals surface area contributed by atoms with Gasteiger partial charge in [0.1, 0.15) is 5.75 Å². The molecule has 0 amide bonds. The lowest BCUT2D eigenvalue weighted by Gasteiger charge is -2.17. The lowest BCUT2D eigenvalue weighted by Crippen LogP contribution is -2.19. The van der Waals surface area contributed by atoms with Crippen molar-refractivity contribution >= 4 is 38.3 Å². The molecule has 2 heterocycles. The molecule has 2 aromatic carbocycles. The molecule has 1 saturated carbocycles. The quantitative estimate of drug-likeness (QED) is 0.366. The van der Waals surface area contributed by atoms with Gasteiger partial charge in [-0.25, -0.2) is 8.42 Å². The van der Waals surface area contributed by atoms with Gasteiger partial charge in [-0.15, -0.1) is 5.10 Å². The second-order valence-corrected chi connectivity index (χ2v) is 10.6. The Morgan fingerprint density at radius 1 is 1.14 bits per heavy atom. The minimum Gasteiger partial charge on any atom is -0.495 e. The van der Waals surface area contributed by atoms with Crippen LogP contribution >= 0.6 is 11.6 Å². The number of sulfonamides is 1. The molecule has 4 aromatic rings. The number of halogens is 4. The molecule has 192 valence electrons. The van der Waals surface area contributed by atoms with Gasteiger partial charge < -0.3 is 4.74 Å². The van der Waals surface area contributed by atoms with Crippen LogP contribution in [0.2, 0.25) is 5.02 Å². The van der Waals surface area contributed by atoms with Crippen molar-refractivity contribution in [3.8, 4) is 11.4 Å². The largest absolute Gasteiger partial charge is 0.495 e. The molecule has 0 bridgehead atoms. The van der Waals surface area contributed by atoms with E-state index in [1.54, 1.807) is 0 Å². The van der Waals surface area contributed by atoms with E-state index in [0.29, 0.717) is 16.5 Å². The molecule has 0 saturated heterocycles. The molecular weight excluding hydrogens is 533 g/mol. The number of methoxy groups -OCH3 is 1. The summed E-state index contributed by atoms with van der Waals surface area (Å²) in [7, 11) is -2.68. The van der Waals surface area contributed by atoms with Crippen molar-refractivity contribution in [2.45, 2.75) is 23.4 Å². The Bertz CT molecular complexity index is 1680. The van der Waals surface area contributed by atoms with E-state index >= 15 is 0 Å². The van der Waals surface area contributed by atoms with Crippen LogP contribution < -0.4 is 15.0 Å². The van der Waals surface area contributed by atoms with E-state index in [1.807, 2.05) is 0 Å². The maximum absolute atomic E-state index is 13.1. The lowest BCUT2D eigenvalue weighted by atomic mass is 10.1. The molecule has 37 heavy (non-hydrogen) atoms. The van der Waals surface area contributed by atoms with Crippen molar-refractivity contribution in [1.29, 1.82) is 0 Å². The molecule has 5 rings (SSSR count). The zero-order chi connectivity index (χ0) is 26.5. The Labute approximate surface area is 213 Å². The van der Waals surface area contributed by atoms with E-state index in [2.05, 4.69) is 14.9 Å². The first-order valence-electron chi connectivity index (χ1n) is 10.9. The average molecular weight is 551 g/mol. The standard InChI is InChI=1S/C24H18ClF3N4O4S/c1-36-21-11-16(15-10-17(15)24(26,27)28)18(25)12-20(21)32-19-6-5-14(9-13(19)4-7-23(32)33)37(34,35)31-22-3-2-8-29-30-22/h2-9,11-12,15,17H,10H2,1H3,(H,30,31)/t15-,17+/m1/s1. The highest BCUT2D eigenvalue weighted by Gasteiger charge is 2.56. The molecule has 0 radical (unpaired) electrons. The summed E-state index contributed by atoms with van der Waals surface area (Å²) < 4.78 is 74.1. The van der Waals surface area contributed by atoms with Crippen molar-refractivity contribution in [1.82, 2.24) is 14.8 Å². The van der Waals surface area contributed by atoms with Crippen LogP contribution in [0.4, 0.5) is 19.0 Å². The minimum atomic E-state index is -4.33. The number of nitrogens with one attached hydrogen (secondary N) is 1. The molecule has 1 fully saturated rings. The highest BCUT2D eigenvalue weighted by atomic mass is 35.5. The number of nitrogens with zero attached hydrogens (tertiary/aromatic N) is 3. The summed E-state index contributed by atoms with van der Waals surface area (Å²) in [4.78, 5) is 12.8. The van der Waals surface area contributed by atoms with E-state index in [-0.39, 0.29) is 33.6 Å². The molecule has 0 unspecified atom stereocenters. The van der Waals surface area contributed by atoms with E-state index in [4.69, 9.17) is 16.3 Å². The topological polar surface area (TPSA) is 103 Å². The first kappa shape index (κ1) is 25.0. The molecular formula is C24H18ClF3N4O4S. The Kier molecular flexibility index (Phi) is 6.11. The van der Waals surface area contributed by atoms with E-state index in [0.717, 1.165) is 0 Å². The first-order valence-corrected chi connectivity index (χ1v) is 12.8. The maximum atomic E-state index is 13.1. The number of aromatic nitrogens is 3. The Hall–Kier alpha value is -3.64. The third-order valence-corrected chi connectivity index (χ3v) is 7.82. The van der Waals surface area contributed by atoms with Crippen LogP contribution in [0.15, 0.2) is 70.5 Å². The number of pyridine rings is 1. The number of benzene rings is 2. The molecule has 2 aromatic heterocycles. The van der Waals surface area contributed by atoms with E-state index in [1.165, 1.54) is 72.5 Å². The van der Waals surface area contributed by atoms with Gasteiger partial charge in [-0.1, -0.05) is 11.6 Å². The molecule has 1 N–H and O–H groups in total. The maximum Gasteiger partial charge on any atom is 0.392 e. The summed E-state index contributed by atoms with van der Waals surface area (Å²) in [5, 5.41) is 7.82. The van der Waals surface area contributed by atoms with Crippen LogP contribution in [0.1, 0.15) is 17.9 Å². The van der Waals surface area contributed by atoms with Crippen LogP contribution in [-0.4, -0.2) is 36.5 Å². The molecule has 2 atom stereocenters. The summed E-state index contributed by atoms with van der Waals surface area (Å²) in [6.07, 6.45) is -2.99. The van der Waals surface area contributed by atoms with E-state index < -0.39 is 33.6 Å². The molecule has 0 spiro atoms. The van der Waals surface area contributed by atoms with Crippen molar-refractivity contribution in [3.05, 3.63) is 81.7 Å². The molecule has 8 nitrogen and oxygen atoms in total. The summed E-state index contributed by atoms with van der Waals surface area (Å²) in [6, 6.07) is 12.6. The predicted molar refractivity (Wildman–Crippen MR) is 131 cm³/mol. The van der Waals surface area contributed by atoms with Gasteiger partial charge in [-0.3, -0.25) is 14.1 Å². The number of alkyl halides is 3. The molecule has 13 heteroatoms. The van der Waals surface area contributed by atoms with Crippen LogP contribution in [0.25, 0.3) is 16.6 Å². The highest BCUT2D eigenvalue weighted by molar-refractivity contribution is 7.92. The van der Waals surface area contributed by atoms with Gasteiger partial charge in [0.2, 0.25) is 0 Å². The van der Waals surface area contributed by atoms with Crippen molar-refractivity contribution in [3.63, 3.8) is 0 Å². The summed E-state index contributed by atoms with van der Waals surface area (Å²) in [5.41, 5.74) is 0.376. The third-order valence-electron chi connectivity index (χ3n) is 6.14. The van der Waals surface area contributed by atoms with Crippen LogP contribution in [0.5, 0.6) is 5.75 Å². The average Bonchev–Trinajstić information content (AvgIpc) is 3.65. The second kappa shape index (κ2) is 9.03. The number of hydrogen-bond acceptors (Lipinski definition) is 6. The Morgan fingerprint density at radius 2 is 1.92 bits per heavy atom. The van der Waals surface area contributed by atoms with Gasteiger partial charge in [0, 0.05) is 22.7 Å². The summed E-state index contributed by atoms with van der Waals surface area (Å²) >= 11 is 6.39. The zero-order valence-electron chi connectivity index (χ0n) is 19.0. The molecule has 1 aliphatic carbocycles. The Morgan fingerprint density at radius 3 is 2.57 bits per heavy atom. The monoisotopic (exact) mass is 550 g/mol. The van der Waals surface area contributed by atoms with Crippen molar-refractivity contribution < 1.29 is 26.3 Å². The fraction of sp³-hybridized carbons (Fsp3) is 0.208. The number of rotatable bonds is 6. The normalized spacial score (nSPS) is 17.5. The summed E-state index contributed by atoms with van der Waals surface area (Å²) in [6.45, 7) is 0. The molecule has 0 aliphatic heterocycles. The van der Waals surface area contributed by atoms with Crippen LogP contribution in [0.3, 0.4) is 0 Å². The first-order chi connectivity index (χ1) is 17.5. The highest BCUT2D eigenvalue weighted by Crippen LogP contribution is 2.58. The smallest absolute Gasteiger partial charge is 0.392 e. The van der Waals surface area contributed by atoms with Crippen LogP contribution in [0, 0.1) is 5.92 Å². The van der Waals surface area contributed by atoms with Gasteiger partial charge in [-0.2, -0.15) is 18.3 Å². The SMILES string of the molecule is COc1cc([C@H]2C[C@@H]2C(F)(F)F)c(Cl)cc1-n1c(=O)ccc2cc(S(=O)(=O)Nc3cccnn3)ccc21. The number of anilines is 1. The minimum absolute atomic E-state index is 0.0375. The predicted octanol–water partition coefficient (Wildman–Crippen LogP) is 4.91. The number of hydrogen-bond donors (Lipinski definition) is 1. The second-order valence-electron chi connectivity index (χ2n) is 8.48. The molecule has 1 aliphatic rings. The summed E-state index contributed by atoms with van der Waals surface area (Å²) in [5.74, 6) is -2.07. The third kappa shape index (κ3) is 4.74. The lowest BCUT2D eigenvalue weighted by molar-refractivity contribution is -0.148. The van der Waals surface area contributed by atoms with Gasteiger partial charge in [0.25, 0.3) is 15.6 Å². The van der Waals surface area contributed by atoms with Gasteiger partial charge >= 0.3 is 6.18 Å². The van der Waals surface area contributed by atoms with E-state index in [9.17, 15) is 26.4 Å². The number of fused-ring (bicyclic) bond motifs is 1. The van der Waals surface area contributed by atoms with Crippen molar-refractivity contribution in [2.24, 2.45) is 5.92 Å². The fourth-order valence-electron chi connectivity index (χ4n) is 4.27. The zero-order valence-corrected chi connectivity index (χ0v) is 20.6. The fourth-order valence-corrected chi connectivity index (χ4v) is 5.60. The van der Waals surface area contributed by atoms with Gasteiger partial charge in [0.15, 0.2) is 5.82 Å². The van der Waals surface area contributed by atoms with Gasteiger partial charge in [-0.05, 0) is 66.4 Å². The Balaban J connectivity index is 1.58. The van der Waals surface area contributed by atoms with Crippen LogP contribution in [-0.2, 0) is 10.0 Å². The van der Waals surface area contributed by atoms with Crippen molar-refractivity contribution in [2.75, 3.05) is 11.8 Å². The number of ether oxygens (including phenoxy) is 1.